The molecule has 3 rings (SSSR count). The molecule has 0 spiro atoms. The van der Waals surface area contributed by atoms with Crippen LogP contribution in [0, 0.1) is 0 Å². The first-order chi connectivity index (χ1) is 9.38. The fraction of sp³-hybridized carbons (Fsp3) is 0.250. The van der Waals surface area contributed by atoms with Crippen molar-refractivity contribution in [3.8, 4) is 0 Å². The number of rotatable bonds is 5. The highest BCUT2D eigenvalue weighted by Crippen LogP contribution is 2.21. The highest BCUT2D eigenvalue weighted by atomic mass is 32.1. The average molecular weight is 270 g/mol. The summed E-state index contributed by atoms with van der Waals surface area (Å²) in [6, 6.07) is 11.0. The minimum atomic E-state index is 0.923. The zero-order valence-electron chi connectivity index (χ0n) is 11.1. The standard InChI is InChI=1S/C16H18N2S/c1-17-11-14-3-2-4-16-15(14)6-9-18(16)8-5-13-7-10-19-12-13/h2-4,6-7,9-10,12,17H,5,8,11H2,1H3. The lowest BCUT2D eigenvalue weighted by molar-refractivity contribution is 0.724. The molecule has 19 heavy (non-hydrogen) atoms. The Balaban J connectivity index is 1.86. The monoisotopic (exact) mass is 270 g/mol. The molecule has 0 unspecified atom stereocenters. The first kappa shape index (κ1) is 12.5. The van der Waals surface area contributed by atoms with E-state index in [2.05, 4.69) is 57.2 Å². The molecular formula is C16H18N2S. The van der Waals surface area contributed by atoms with Crippen LogP contribution >= 0.6 is 11.3 Å². The summed E-state index contributed by atoms with van der Waals surface area (Å²) in [6.45, 7) is 1.97. The Bertz CT molecular complexity index is 653. The maximum Gasteiger partial charge on any atom is 0.0483 e. The molecule has 3 heteroatoms. The summed E-state index contributed by atoms with van der Waals surface area (Å²) in [5.41, 5.74) is 4.13. The van der Waals surface area contributed by atoms with Crippen molar-refractivity contribution in [3.63, 3.8) is 0 Å². The van der Waals surface area contributed by atoms with E-state index in [4.69, 9.17) is 0 Å². The Morgan fingerprint density at radius 3 is 2.95 bits per heavy atom. The topological polar surface area (TPSA) is 17.0 Å². The fourth-order valence-electron chi connectivity index (χ4n) is 2.51. The molecule has 3 aromatic rings. The zero-order valence-corrected chi connectivity index (χ0v) is 11.9. The molecule has 0 aliphatic rings. The summed E-state index contributed by atoms with van der Waals surface area (Å²) in [5, 5.41) is 8.98. The molecule has 0 saturated heterocycles. The van der Waals surface area contributed by atoms with E-state index < -0.39 is 0 Å². The number of fused-ring (bicyclic) bond motifs is 1. The summed E-state index contributed by atoms with van der Waals surface area (Å²) in [7, 11) is 1.99. The second-order valence-electron chi connectivity index (χ2n) is 4.77. The minimum absolute atomic E-state index is 0.923. The van der Waals surface area contributed by atoms with Crippen LogP contribution in [0.25, 0.3) is 10.9 Å². The highest BCUT2D eigenvalue weighted by Gasteiger charge is 2.05. The van der Waals surface area contributed by atoms with E-state index in [0.29, 0.717) is 0 Å². The van der Waals surface area contributed by atoms with Gasteiger partial charge in [-0.15, -0.1) is 0 Å². The minimum Gasteiger partial charge on any atom is -0.347 e. The number of thiophene rings is 1. The number of hydrogen-bond donors (Lipinski definition) is 1. The van der Waals surface area contributed by atoms with Crippen molar-refractivity contribution in [1.29, 1.82) is 0 Å². The maximum absolute atomic E-state index is 3.23. The molecule has 2 heterocycles. The molecule has 0 atom stereocenters. The Morgan fingerprint density at radius 1 is 1.21 bits per heavy atom. The summed E-state index contributed by atoms with van der Waals surface area (Å²) < 4.78 is 2.35. The van der Waals surface area contributed by atoms with Crippen LogP contribution < -0.4 is 5.32 Å². The van der Waals surface area contributed by atoms with E-state index in [0.717, 1.165) is 19.5 Å². The van der Waals surface area contributed by atoms with Crippen LogP contribution in [0.5, 0.6) is 0 Å². The van der Waals surface area contributed by atoms with Gasteiger partial charge < -0.3 is 9.88 Å². The molecule has 98 valence electrons. The largest absolute Gasteiger partial charge is 0.347 e. The molecule has 0 bridgehead atoms. The summed E-state index contributed by atoms with van der Waals surface area (Å²) in [5.74, 6) is 0. The fourth-order valence-corrected chi connectivity index (χ4v) is 3.21. The van der Waals surface area contributed by atoms with Crippen LogP contribution in [0.4, 0.5) is 0 Å². The number of nitrogens with zero attached hydrogens (tertiary/aromatic N) is 1. The predicted molar refractivity (Wildman–Crippen MR) is 82.7 cm³/mol. The summed E-state index contributed by atoms with van der Waals surface area (Å²) >= 11 is 1.77. The van der Waals surface area contributed by atoms with Gasteiger partial charge in [0.1, 0.15) is 0 Å². The number of nitrogens with one attached hydrogen (secondary N) is 1. The number of hydrogen-bond acceptors (Lipinski definition) is 2. The van der Waals surface area contributed by atoms with E-state index in [-0.39, 0.29) is 0 Å². The van der Waals surface area contributed by atoms with Crippen LogP contribution in [-0.4, -0.2) is 11.6 Å². The first-order valence-electron chi connectivity index (χ1n) is 6.61. The Hall–Kier alpha value is -1.58. The third kappa shape index (κ3) is 2.57. The van der Waals surface area contributed by atoms with Gasteiger partial charge >= 0.3 is 0 Å². The molecule has 1 aromatic carbocycles. The smallest absolute Gasteiger partial charge is 0.0483 e. The molecule has 1 N–H and O–H groups in total. The van der Waals surface area contributed by atoms with Gasteiger partial charge in [0.05, 0.1) is 0 Å². The van der Waals surface area contributed by atoms with Crippen LogP contribution in [0.2, 0.25) is 0 Å². The highest BCUT2D eigenvalue weighted by molar-refractivity contribution is 7.07. The summed E-state index contributed by atoms with van der Waals surface area (Å²) in [4.78, 5) is 0. The van der Waals surface area contributed by atoms with Crippen LogP contribution in [0.15, 0.2) is 47.3 Å². The third-order valence-corrected chi connectivity index (χ3v) is 4.22. The van der Waals surface area contributed by atoms with Crippen LogP contribution in [-0.2, 0) is 19.5 Å². The molecule has 0 aliphatic carbocycles. The van der Waals surface area contributed by atoms with Crippen molar-refractivity contribution in [3.05, 3.63) is 58.4 Å². The van der Waals surface area contributed by atoms with E-state index in [1.807, 2.05) is 7.05 Å². The normalized spacial score (nSPS) is 11.2. The lowest BCUT2D eigenvalue weighted by atomic mass is 10.1. The van der Waals surface area contributed by atoms with Gasteiger partial charge in [-0.1, -0.05) is 12.1 Å². The quantitative estimate of drug-likeness (QED) is 0.748. The number of aryl methyl sites for hydroxylation is 2. The molecule has 0 fully saturated rings. The van der Waals surface area contributed by atoms with Crippen molar-refractivity contribution in [2.24, 2.45) is 0 Å². The average Bonchev–Trinajstić information content (AvgIpc) is 3.06. The van der Waals surface area contributed by atoms with Gasteiger partial charge in [-0.2, -0.15) is 11.3 Å². The van der Waals surface area contributed by atoms with Gasteiger partial charge in [0.15, 0.2) is 0 Å². The van der Waals surface area contributed by atoms with E-state index in [1.165, 1.54) is 22.0 Å². The SMILES string of the molecule is CNCc1cccc2c1ccn2CCc1ccsc1. The second-order valence-corrected chi connectivity index (χ2v) is 5.55. The van der Waals surface area contributed by atoms with Gasteiger partial charge in [0.25, 0.3) is 0 Å². The first-order valence-corrected chi connectivity index (χ1v) is 7.55. The van der Waals surface area contributed by atoms with Gasteiger partial charge in [-0.25, -0.2) is 0 Å². The summed E-state index contributed by atoms with van der Waals surface area (Å²) in [6.07, 6.45) is 3.31. The van der Waals surface area contributed by atoms with Crippen molar-refractivity contribution in [1.82, 2.24) is 9.88 Å². The molecule has 2 aromatic heterocycles. The van der Waals surface area contributed by atoms with Crippen molar-refractivity contribution in [2.75, 3.05) is 7.05 Å². The van der Waals surface area contributed by atoms with E-state index >= 15 is 0 Å². The van der Waals surface area contributed by atoms with Crippen molar-refractivity contribution >= 4 is 22.2 Å². The molecule has 0 amide bonds. The maximum atomic E-state index is 3.23. The third-order valence-electron chi connectivity index (χ3n) is 3.49. The molecule has 0 radical (unpaired) electrons. The lowest BCUT2D eigenvalue weighted by Crippen LogP contribution is -2.05. The Kier molecular flexibility index (Phi) is 3.67. The van der Waals surface area contributed by atoms with Gasteiger partial charge in [-0.3, -0.25) is 0 Å². The van der Waals surface area contributed by atoms with Crippen molar-refractivity contribution < 1.29 is 0 Å². The van der Waals surface area contributed by atoms with Gasteiger partial charge in [0, 0.05) is 30.2 Å². The van der Waals surface area contributed by atoms with Gasteiger partial charge in [0.2, 0.25) is 0 Å². The van der Waals surface area contributed by atoms with E-state index in [1.54, 1.807) is 11.3 Å². The second kappa shape index (κ2) is 5.59. The van der Waals surface area contributed by atoms with Crippen LogP contribution in [0.1, 0.15) is 11.1 Å². The number of aromatic nitrogens is 1. The Morgan fingerprint density at radius 2 is 2.16 bits per heavy atom. The molecule has 0 saturated carbocycles. The number of benzene rings is 1. The van der Waals surface area contributed by atoms with Crippen LogP contribution in [0.3, 0.4) is 0 Å². The lowest BCUT2D eigenvalue weighted by Gasteiger charge is -2.06. The molecule has 2 nitrogen and oxygen atoms in total. The molecule has 0 aliphatic heterocycles. The van der Waals surface area contributed by atoms with E-state index in [9.17, 15) is 0 Å². The zero-order chi connectivity index (χ0) is 13.1. The Labute approximate surface area is 117 Å². The van der Waals surface area contributed by atoms with Crippen molar-refractivity contribution in [2.45, 2.75) is 19.5 Å². The molecular weight excluding hydrogens is 252 g/mol. The predicted octanol–water partition coefficient (Wildman–Crippen LogP) is 3.66. The van der Waals surface area contributed by atoms with Gasteiger partial charge in [-0.05, 0) is 53.6 Å².